The maximum absolute atomic E-state index is 9.04. The first-order valence-electron chi connectivity index (χ1n) is 5.50. The highest BCUT2D eigenvalue weighted by atomic mass is 16.5. The zero-order valence-corrected chi connectivity index (χ0v) is 9.49. The molecule has 2 aromatic heterocycles. The SMILES string of the molecule is OCCN(Cc1cccnc1)Cc1ccon1. The Morgan fingerprint density at radius 2 is 2.24 bits per heavy atom. The molecule has 0 radical (unpaired) electrons. The van der Waals surface area contributed by atoms with Crippen LogP contribution in [0, 0.1) is 0 Å². The third kappa shape index (κ3) is 3.65. The fourth-order valence-corrected chi connectivity index (χ4v) is 1.65. The highest BCUT2D eigenvalue weighted by Gasteiger charge is 2.08. The van der Waals surface area contributed by atoms with Gasteiger partial charge in [0, 0.05) is 38.1 Å². The zero-order valence-electron chi connectivity index (χ0n) is 9.49. The van der Waals surface area contributed by atoms with Crippen molar-refractivity contribution >= 4 is 0 Å². The second-order valence-corrected chi connectivity index (χ2v) is 3.79. The van der Waals surface area contributed by atoms with E-state index in [9.17, 15) is 0 Å². The van der Waals surface area contributed by atoms with Crippen molar-refractivity contribution in [2.45, 2.75) is 13.1 Å². The molecule has 0 unspecified atom stereocenters. The van der Waals surface area contributed by atoms with Crippen molar-refractivity contribution < 1.29 is 9.63 Å². The summed E-state index contributed by atoms with van der Waals surface area (Å²) in [4.78, 5) is 6.16. The molecule has 1 N–H and O–H groups in total. The lowest BCUT2D eigenvalue weighted by Crippen LogP contribution is -2.26. The highest BCUT2D eigenvalue weighted by Crippen LogP contribution is 2.07. The third-order valence-electron chi connectivity index (χ3n) is 2.42. The van der Waals surface area contributed by atoms with E-state index in [-0.39, 0.29) is 6.61 Å². The molecule has 0 spiro atoms. The summed E-state index contributed by atoms with van der Waals surface area (Å²) in [7, 11) is 0. The molecular weight excluding hydrogens is 218 g/mol. The molecule has 2 heterocycles. The van der Waals surface area contributed by atoms with Gasteiger partial charge in [-0.05, 0) is 11.6 Å². The molecule has 0 bridgehead atoms. The van der Waals surface area contributed by atoms with Crippen molar-refractivity contribution in [2.75, 3.05) is 13.2 Å². The molecule has 0 aromatic carbocycles. The molecule has 5 nitrogen and oxygen atoms in total. The van der Waals surface area contributed by atoms with E-state index >= 15 is 0 Å². The van der Waals surface area contributed by atoms with Gasteiger partial charge in [0.1, 0.15) is 6.26 Å². The van der Waals surface area contributed by atoms with E-state index in [2.05, 4.69) is 15.0 Å². The van der Waals surface area contributed by atoms with Crippen LogP contribution in [0.3, 0.4) is 0 Å². The lowest BCUT2D eigenvalue weighted by atomic mass is 10.2. The number of aliphatic hydroxyl groups is 1. The quantitative estimate of drug-likeness (QED) is 0.808. The van der Waals surface area contributed by atoms with Gasteiger partial charge in [-0.1, -0.05) is 11.2 Å². The molecule has 0 saturated carbocycles. The summed E-state index contributed by atoms with van der Waals surface area (Å²) in [5.41, 5.74) is 1.98. The molecule has 2 rings (SSSR count). The molecular formula is C12H15N3O2. The van der Waals surface area contributed by atoms with E-state index in [1.165, 1.54) is 0 Å². The standard InChI is InChI=1S/C12H15N3O2/c16-6-5-15(10-12-3-7-17-14-12)9-11-2-1-4-13-8-11/h1-4,7-8,16H,5-6,9-10H2. The number of aromatic nitrogens is 2. The Morgan fingerprint density at radius 3 is 2.88 bits per heavy atom. The van der Waals surface area contributed by atoms with Crippen LogP contribution in [-0.2, 0) is 13.1 Å². The Morgan fingerprint density at radius 1 is 1.29 bits per heavy atom. The maximum atomic E-state index is 9.04. The van der Waals surface area contributed by atoms with Gasteiger partial charge >= 0.3 is 0 Å². The van der Waals surface area contributed by atoms with Crippen LogP contribution in [0.25, 0.3) is 0 Å². The number of aliphatic hydroxyl groups excluding tert-OH is 1. The van der Waals surface area contributed by atoms with Gasteiger partial charge in [-0.2, -0.15) is 0 Å². The topological polar surface area (TPSA) is 62.4 Å². The van der Waals surface area contributed by atoms with Crippen molar-refractivity contribution in [3.63, 3.8) is 0 Å². The van der Waals surface area contributed by atoms with E-state index in [1.807, 2.05) is 24.4 Å². The lowest BCUT2D eigenvalue weighted by molar-refractivity contribution is 0.181. The van der Waals surface area contributed by atoms with Crippen LogP contribution in [0.15, 0.2) is 41.4 Å². The molecule has 0 atom stereocenters. The minimum absolute atomic E-state index is 0.123. The Kier molecular flexibility index (Phi) is 4.23. The van der Waals surface area contributed by atoms with Gasteiger partial charge in [0.15, 0.2) is 0 Å². The second kappa shape index (κ2) is 6.12. The summed E-state index contributed by atoms with van der Waals surface area (Å²) >= 11 is 0. The van der Waals surface area contributed by atoms with Crippen LogP contribution in [0.2, 0.25) is 0 Å². The molecule has 90 valence electrons. The first-order chi connectivity index (χ1) is 8.38. The second-order valence-electron chi connectivity index (χ2n) is 3.79. The summed E-state index contributed by atoms with van der Waals surface area (Å²) in [5.74, 6) is 0. The minimum Gasteiger partial charge on any atom is -0.395 e. The third-order valence-corrected chi connectivity index (χ3v) is 2.42. The predicted octanol–water partition coefficient (Wildman–Crippen LogP) is 1.06. The van der Waals surface area contributed by atoms with Crippen LogP contribution >= 0.6 is 0 Å². The number of hydrogen-bond donors (Lipinski definition) is 1. The number of nitrogens with zero attached hydrogens (tertiary/aromatic N) is 3. The van der Waals surface area contributed by atoms with Gasteiger partial charge < -0.3 is 9.63 Å². The molecule has 2 aromatic rings. The van der Waals surface area contributed by atoms with Crippen molar-refractivity contribution in [3.8, 4) is 0 Å². The Bertz CT molecular complexity index is 417. The van der Waals surface area contributed by atoms with Crippen LogP contribution in [-0.4, -0.2) is 33.3 Å². The van der Waals surface area contributed by atoms with E-state index in [0.29, 0.717) is 13.1 Å². The first kappa shape index (κ1) is 11.8. The average molecular weight is 233 g/mol. The van der Waals surface area contributed by atoms with Gasteiger partial charge in [0.25, 0.3) is 0 Å². The van der Waals surface area contributed by atoms with E-state index in [4.69, 9.17) is 9.63 Å². The summed E-state index contributed by atoms with van der Waals surface area (Å²) in [5, 5.41) is 12.9. The maximum Gasteiger partial charge on any atom is 0.124 e. The molecule has 0 amide bonds. The van der Waals surface area contributed by atoms with E-state index < -0.39 is 0 Å². The number of pyridine rings is 1. The Hall–Kier alpha value is -1.72. The highest BCUT2D eigenvalue weighted by molar-refractivity contribution is 5.08. The normalized spacial score (nSPS) is 10.9. The van der Waals surface area contributed by atoms with Gasteiger partial charge in [-0.15, -0.1) is 0 Å². The van der Waals surface area contributed by atoms with Crippen molar-refractivity contribution in [1.29, 1.82) is 0 Å². The molecule has 0 aliphatic carbocycles. The summed E-state index contributed by atoms with van der Waals surface area (Å²) in [6.45, 7) is 2.12. The predicted molar refractivity (Wildman–Crippen MR) is 61.9 cm³/mol. The summed E-state index contributed by atoms with van der Waals surface area (Å²) < 4.78 is 4.79. The van der Waals surface area contributed by atoms with Crippen LogP contribution in [0.4, 0.5) is 0 Å². The molecule has 5 heteroatoms. The molecule has 0 aliphatic heterocycles. The van der Waals surface area contributed by atoms with Crippen molar-refractivity contribution in [3.05, 3.63) is 48.1 Å². The molecule has 0 saturated heterocycles. The fourth-order valence-electron chi connectivity index (χ4n) is 1.65. The van der Waals surface area contributed by atoms with Gasteiger partial charge in [0.2, 0.25) is 0 Å². The Balaban J connectivity index is 1.97. The molecule has 0 fully saturated rings. The van der Waals surface area contributed by atoms with Crippen molar-refractivity contribution in [1.82, 2.24) is 15.0 Å². The zero-order chi connectivity index (χ0) is 11.9. The molecule has 0 aliphatic rings. The van der Waals surface area contributed by atoms with Crippen molar-refractivity contribution in [2.24, 2.45) is 0 Å². The minimum atomic E-state index is 0.123. The number of rotatable bonds is 6. The fraction of sp³-hybridized carbons (Fsp3) is 0.333. The van der Waals surface area contributed by atoms with E-state index in [0.717, 1.165) is 17.8 Å². The summed E-state index contributed by atoms with van der Waals surface area (Å²) in [6, 6.07) is 5.75. The van der Waals surface area contributed by atoms with Gasteiger partial charge in [0.05, 0.1) is 12.3 Å². The largest absolute Gasteiger partial charge is 0.395 e. The van der Waals surface area contributed by atoms with Gasteiger partial charge in [-0.3, -0.25) is 9.88 Å². The monoisotopic (exact) mass is 233 g/mol. The van der Waals surface area contributed by atoms with Crippen LogP contribution < -0.4 is 0 Å². The molecule has 17 heavy (non-hydrogen) atoms. The first-order valence-corrected chi connectivity index (χ1v) is 5.50. The number of hydrogen-bond acceptors (Lipinski definition) is 5. The van der Waals surface area contributed by atoms with Crippen LogP contribution in [0.5, 0.6) is 0 Å². The van der Waals surface area contributed by atoms with E-state index in [1.54, 1.807) is 12.5 Å². The van der Waals surface area contributed by atoms with Crippen LogP contribution in [0.1, 0.15) is 11.3 Å². The Labute approximate surface area is 99.7 Å². The average Bonchev–Trinajstić information content (AvgIpc) is 2.83. The lowest BCUT2D eigenvalue weighted by Gasteiger charge is -2.19. The van der Waals surface area contributed by atoms with Gasteiger partial charge in [-0.25, -0.2) is 0 Å². The smallest absolute Gasteiger partial charge is 0.124 e. The summed E-state index contributed by atoms with van der Waals surface area (Å²) in [6.07, 6.45) is 5.13.